The van der Waals surface area contributed by atoms with Gasteiger partial charge in [-0.15, -0.1) is 0 Å². The van der Waals surface area contributed by atoms with Crippen LogP contribution in [0.2, 0.25) is 0 Å². The second-order valence-electron chi connectivity index (χ2n) is 15.1. The molecule has 0 radical (unpaired) electrons. The van der Waals surface area contributed by atoms with Gasteiger partial charge in [-0.2, -0.15) is 0 Å². The highest BCUT2D eigenvalue weighted by molar-refractivity contribution is 6.05. The largest absolute Gasteiger partial charge is 0.508 e. The Labute approximate surface area is 317 Å². The maximum absolute atomic E-state index is 13.1. The Morgan fingerprint density at radius 2 is 1.56 bits per heavy atom. The van der Waals surface area contributed by atoms with Crippen molar-refractivity contribution in [3.8, 4) is 11.5 Å². The summed E-state index contributed by atoms with van der Waals surface area (Å²) in [6.45, 7) is 8.30. The van der Waals surface area contributed by atoms with E-state index >= 15 is 0 Å². The predicted octanol–water partition coefficient (Wildman–Crippen LogP) is 6.75. The second kappa shape index (κ2) is 15.5. The van der Waals surface area contributed by atoms with Gasteiger partial charge in [-0.3, -0.25) is 24.6 Å². The van der Waals surface area contributed by atoms with Crippen molar-refractivity contribution in [2.75, 3.05) is 44.2 Å². The van der Waals surface area contributed by atoms with Crippen LogP contribution in [0.15, 0.2) is 97.1 Å². The summed E-state index contributed by atoms with van der Waals surface area (Å²) in [6.07, 6.45) is 3.91. The summed E-state index contributed by atoms with van der Waals surface area (Å²) in [5.41, 5.74) is 8.55. The average Bonchev–Trinajstić information content (AvgIpc) is 3.88. The van der Waals surface area contributed by atoms with Crippen LogP contribution in [0.5, 0.6) is 11.5 Å². The van der Waals surface area contributed by atoms with Crippen LogP contribution in [0.3, 0.4) is 0 Å². The molecule has 1 aliphatic carbocycles. The topological polar surface area (TPSA) is 102 Å². The van der Waals surface area contributed by atoms with E-state index in [0.29, 0.717) is 30.4 Å². The number of carbonyl (C=O) groups is 3. The molecule has 0 spiro atoms. The molecule has 278 valence electrons. The maximum atomic E-state index is 13.1. The van der Waals surface area contributed by atoms with Crippen molar-refractivity contribution in [1.29, 1.82) is 0 Å². The number of fused-ring (bicyclic) bond motifs is 1. The molecule has 3 aliphatic heterocycles. The van der Waals surface area contributed by atoms with Gasteiger partial charge in [0.05, 0.1) is 6.61 Å². The minimum Gasteiger partial charge on any atom is -0.508 e. The van der Waals surface area contributed by atoms with E-state index in [1.54, 1.807) is 17.0 Å². The molecule has 0 aromatic heterocycles. The molecule has 0 bridgehead atoms. The zero-order chi connectivity index (χ0) is 37.2. The summed E-state index contributed by atoms with van der Waals surface area (Å²) >= 11 is 0. The Balaban J connectivity index is 0.804. The molecule has 2 N–H and O–H groups in total. The molecule has 4 aromatic carbocycles. The van der Waals surface area contributed by atoms with E-state index in [1.165, 1.54) is 29.6 Å². The number of piperidine rings is 1. The number of benzene rings is 4. The number of ether oxygens (including phenoxy) is 1. The summed E-state index contributed by atoms with van der Waals surface area (Å²) in [6, 6.07) is 31.9. The quantitative estimate of drug-likeness (QED) is 0.123. The first kappa shape index (κ1) is 35.6. The SMILES string of the molecule is CC/C(=C(\c1ccc(O)cc1)c1ccc(OCC2CC2CCN2CCN(c3ccc4c(c3)CN(C3CCC(=O)NC3=O)C4=O)CC2)cc1)c1ccccc1. The fourth-order valence-electron chi connectivity index (χ4n) is 8.43. The minimum atomic E-state index is -0.590. The lowest BCUT2D eigenvalue weighted by Gasteiger charge is -2.36. The molecule has 3 atom stereocenters. The number of rotatable bonds is 12. The van der Waals surface area contributed by atoms with E-state index in [0.717, 1.165) is 73.9 Å². The fourth-order valence-corrected chi connectivity index (χ4v) is 8.43. The Morgan fingerprint density at radius 1 is 0.833 bits per heavy atom. The Hall–Kier alpha value is -5.41. The molecule has 3 heterocycles. The van der Waals surface area contributed by atoms with Gasteiger partial charge >= 0.3 is 0 Å². The van der Waals surface area contributed by atoms with E-state index < -0.39 is 6.04 Å². The van der Waals surface area contributed by atoms with E-state index in [4.69, 9.17) is 4.74 Å². The van der Waals surface area contributed by atoms with Crippen LogP contribution in [0.4, 0.5) is 5.69 Å². The third kappa shape index (κ3) is 7.64. The normalized spacial score (nSPS) is 21.8. The molecule has 9 nitrogen and oxygen atoms in total. The number of anilines is 1. The first-order valence-corrected chi connectivity index (χ1v) is 19.4. The number of allylic oxidation sites excluding steroid dienone is 1. The number of carbonyl (C=O) groups excluding carboxylic acids is 3. The van der Waals surface area contributed by atoms with Gasteiger partial charge in [-0.05, 0) is 120 Å². The van der Waals surface area contributed by atoms with Crippen LogP contribution in [-0.4, -0.2) is 78.0 Å². The summed E-state index contributed by atoms with van der Waals surface area (Å²) in [5.74, 6) is 1.67. The number of amides is 3. The van der Waals surface area contributed by atoms with Crippen LogP contribution < -0.4 is 15.0 Å². The maximum Gasteiger partial charge on any atom is 0.255 e. The molecule has 8 rings (SSSR count). The fraction of sp³-hybridized carbons (Fsp3) is 0.356. The molecule has 4 aliphatic rings. The smallest absolute Gasteiger partial charge is 0.255 e. The van der Waals surface area contributed by atoms with Gasteiger partial charge in [-0.25, -0.2) is 0 Å². The predicted molar refractivity (Wildman–Crippen MR) is 210 cm³/mol. The van der Waals surface area contributed by atoms with Crippen LogP contribution >= 0.6 is 0 Å². The van der Waals surface area contributed by atoms with Crippen molar-refractivity contribution in [3.63, 3.8) is 0 Å². The van der Waals surface area contributed by atoms with E-state index in [9.17, 15) is 19.5 Å². The standard InChI is InChI=1S/C45H48N4O5/c1-2-39(30-6-4-3-5-7-30)43(31-8-13-37(50)14-9-31)32-10-15-38(16-11-32)54-29-35-26-33(35)20-21-47-22-24-48(25-23-47)36-12-17-40-34(27-36)28-49(45(40)53)41-18-19-42(51)46-44(41)52/h3-17,27,33,35,41,50H,2,18-26,28-29H2,1H3,(H,46,51,52)/b43-39-. The van der Waals surface area contributed by atoms with E-state index in [2.05, 4.69) is 76.6 Å². The summed E-state index contributed by atoms with van der Waals surface area (Å²) < 4.78 is 6.30. The van der Waals surface area contributed by atoms with Crippen molar-refractivity contribution in [1.82, 2.24) is 15.1 Å². The molecule has 4 aromatic rings. The van der Waals surface area contributed by atoms with Gasteiger partial charge in [0.25, 0.3) is 5.91 Å². The third-order valence-corrected chi connectivity index (χ3v) is 11.7. The minimum absolute atomic E-state index is 0.129. The number of aromatic hydroxyl groups is 1. The van der Waals surface area contributed by atoms with Crippen molar-refractivity contribution >= 4 is 34.6 Å². The molecule has 1 saturated carbocycles. The number of nitrogens with zero attached hydrogens (tertiary/aromatic N) is 3. The number of piperazine rings is 1. The zero-order valence-corrected chi connectivity index (χ0v) is 30.9. The van der Waals surface area contributed by atoms with Gasteiger partial charge in [0.1, 0.15) is 17.5 Å². The molecule has 9 heteroatoms. The summed E-state index contributed by atoms with van der Waals surface area (Å²) in [7, 11) is 0. The van der Waals surface area contributed by atoms with Crippen LogP contribution in [0.1, 0.15) is 71.6 Å². The van der Waals surface area contributed by atoms with Gasteiger partial charge in [0.15, 0.2) is 0 Å². The van der Waals surface area contributed by atoms with Crippen molar-refractivity contribution in [2.24, 2.45) is 11.8 Å². The highest BCUT2D eigenvalue weighted by Gasteiger charge is 2.40. The first-order valence-electron chi connectivity index (χ1n) is 19.4. The Bertz CT molecular complexity index is 2040. The Kier molecular flexibility index (Phi) is 10.2. The second-order valence-corrected chi connectivity index (χ2v) is 15.1. The highest BCUT2D eigenvalue weighted by Crippen LogP contribution is 2.42. The molecular weight excluding hydrogens is 677 g/mol. The lowest BCUT2D eigenvalue weighted by molar-refractivity contribution is -0.136. The van der Waals surface area contributed by atoms with Crippen molar-refractivity contribution < 1.29 is 24.2 Å². The van der Waals surface area contributed by atoms with Crippen LogP contribution in [-0.2, 0) is 16.1 Å². The van der Waals surface area contributed by atoms with Crippen molar-refractivity contribution in [2.45, 2.75) is 51.6 Å². The van der Waals surface area contributed by atoms with Crippen LogP contribution in [0.25, 0.3) is 11.1 Å². The zero-order valence-electron chi connectivity index (χ0n) is 30.9. The molecule has 2 saturated heterocycles. The number of imide groups is 1. The molecular formula is C45H48N4O5. The molecule has 3 unspecified atom stereocenters. The molecule has 3 amide bonds. The third-order valence-electron chi connectivity index (χ3n) is 11.7. The lowest BCUT2D eigenvalue weighted by Crippen LogP contribution is -2.52. The summed E-state index contributed by atoms with van der Waals surface area (Å²) in [5, 5.41) is 12.3. The Morgan fingerprint density at radius 3 is 2.26 bits per heavy atom. The first-order chi connectivity index (χ1) is 26.3. The monoisotopic (exact) mass is 724 g/mol. The summed E-state index contributed by atoms with van der Waals surface area (Å²) in [4.78, 5) is 43.7. The van der Waals surface area contributed by atoms with E-state index in [-0.39, 0.29) is 29.9 Å². The van der Waals surface area contributed by atoms with Gasteiger partial charge in [0, 0.05) is 50.4 Å². The van der Waals surface area contributed by atoms with Gasteiger partial charge in [-0.1, -0.05) is 61.5 Å². The number of nitrogens with one attached hydrogen (secondary N) is 1. The van der Waals surface area contributed by atoms with E-state index in [1.807, 2.05) is 30.3 Å². The van der Waals surface area contributed by atoms with Gasteiger partial charge in [0.2, 0.25) is 11.8 Å². The van der Waals surface area contributed by atoms with Gasteiger partial charge < -0.3 is 19.6 Å². The van der Waals surface area contributed by atoms with Crippen molar-refractivity contribution in [3.05, 3.63) is 125 Å². The average molecular weight is 725 g/mol. The number of phenols is 1. The number of hydrogen-bond acceptors (Lipinski definition) is 7. The highest BCUT2D eigenvalue weighted by atomic mass is 16.5. The lowest BCUT2D eigenvalue weighted by atomic mass is 9.88. The van der Waals surface area contributed by atoms with Crippen LogP contribution in [0, 0.1) is 11.8 Å². The molecule has 54 heavy (non-hydrogen) atoms. The molecule has 3 fully saturated rings. The number of phenolic OH excluding ortho intramolecular Hbond substituents is 1. The number of hydrogen-bond donors (Lipinski definition) is 2.